The zero-order valence-electron chi connectivity index (χ0n) is 26.2. The Morgan fingerprint density at radius 2 is 1.62 bits per heavy atom. The second-order valence-corrected chi connectivity index (χ2v) is 11.5. The maximum Gasteiger partial charge on any atom is 0.331 e. The summed E-state index contributed by atoms with van der Waals surface area (Å²) in [4.78, 5) is 53.0. The van der Waals surface area contributed by atoms with E-state index < -0.39 is 35.4 Å². The van der Waals surface area contributed by atoms with Crippen LogP contribution in [0.1, 0.15) is 13.8 Å². The third kappa shape index (κ3) is 7.18. The van der Waals surface area contributed by atoms with Crippen LogP contribution in [0.15, 0.2) is 79.1 Å². The topological polar surface area (TPSA) is 129 Å². The van der Waals surface area contributed by atoms with E-state index in [2.05, 4.69) is 25.5 Å². The van der Waals surface area contributed by atoms with Crippen molar-refractivity contribution in [3.8, 4) is 11.5 Å². The Kier molecular flexibility index (Phi) is 9.43. The quantitative estimate of drug-likeness (QED) is 0.222. The highest BCUT2D eigenvalue weighted by atomic mass is 19.1. The minimum absolute atomic E-state index is 0.0855. The zero-order valence-corrected chi connectivity index (χ0v) is 26.2. The number of urea groups is 1. The van der Waals surface area contributed by atoms with E-state index >= 15 is 4.39 Å². The largest absolute Gasteiger partial charge is 0.454 e. The number of hydrogen-bond acceptors (Lipinski definition) is 9. The Hall–Kier alpha value is -5.63. The number of carbonyl (C=O) groups excluding carboxylic acids is 3. The molecule has 2 N–H and O–H groups in total. The van der Waals surface area contributed by atoms with E-state index in [1.54, 1.807) is 32.2 Å². The smallest absolute Gasteiger partial charge is 0.331 e. The number of nitrogens with one attached hydrogen (secondary N) is 2. The molecule has 1 atom stereocenters. The highest BCUT2D eigenvalue weighted by molar-refractivity contribution is 6.23. The first kappa shape index (κ1) is 32.3. The predicted octanol–water partition coefficient (Wildman–Crippen LogP) is 5.56. The summed E-state index contributed by atoms with van der Waals surface area (Å²) in [5.41, 5.74) is 1.22. The molecule has 2 aliphatic rings. The molecule has 0 radical (unpaired) electrons. The van der Waals surface area contributed by atoms with E-state index in [-0.39, 0.29) is 29.7 Å². The molecule has 248 valence electrons. The van der Waals surface area contributed by atoms with Crippen molar-refractivity contribution in [3.05, 3.63) is 90.8 Å². The number of pyridine rings is 2. The monoisotopic (exact) mass is 657 g/mol. The molecule has 2 aromatic carbocycles. The van der Waals surface area contributed by atoms with Gasteiger partial charge in [0.1, 0.15) is 29.1 Å². The van der Waals surface area contributed by atoms with Gasteiger partial charge >= 0.3 is 6.03 Å². The van der Waals surface area contributed by atoms with Crippen molar-refractivity contribution in [2.24, 2.45) is 5.92 Å². The summed E-state index contributed by atoms with van der Waals surface area (Å²) >= 11 is 0. The van der Waals surface area contributed by atoms with E-state index in [0.717, 1.165) is 41.9 Å². The van der Waals surface area contributed by atoms with Gasteiger partial charge in [-0.25, -0.2) is 28.4 Å². The standard InChI is InChI=1S/C34H33F2N7O5/c1-21(2)42-20-27(33(45)43(34(42)46)24-6-3-22(35)4-7-24)32(44)39-23-5-8-29(28(36)17-23)48-26-10-12-38-31(19-26)40-30-18-25(9-11-37-30)41-13-15-47-16-14-41/h3-12,17-19,21,27H,13-16,20H2,1-2H3,(H,39,44)(H,37,38,40). The van der Waals surface area contributed by atoms with Crippen LogP contribution in [-0.2, 0) is 14.3 Å². The Bertz CT molecular complexity index is 1820. The van der Waals surface area contributed by atoms with Gasteiger partial charge in [-0.1, -0.05) is 0 Å². The number of anilines is 5. The molecule has 6 rings (SSSR count). The molecule has 2 fully saturated rings. The Balaban J connectivity index is 1.12. The van der Waals surface area contributed by atoms with Crippen LogP contribution in [0, 0.1) is 17.6 Å². The fraction of sp³-hybridized carbons (Fsp3) is 0.265. The van der Waals surface area contributed by atoms with Gasteiger partial charge in [0.15, 0.2) is 11.6 Å². The fourth-order valence-electron chi connectivity index (χ4n) is 5.38. The normalized spacial score (nSPS) is 16.7. The highest BCUT2D eigenvalue weighted by Crippen LogP contribution is 2.30. The van der Waals surface area contributed by atoms with Gasteiger partial charge in [-0.2, -0.15) is 0 Å². The minimum Gasteiger partial charge on any atom is -0.454 e. The lowest BCUT2D eigenvalue weighted by Crippen LogP contribution is -2.61. The molecule has 48 heavy (non-hydrogen) atoms. The van der Waals surface area contributed by atoms with E-state index in [1.165, 1.54) is 35.4 Å². The van der Waals surface area contributed by atoms with Crippen molar-refractivity contribution in [3.63, 3.8) is 0 Å². The molecule has 4 amide bonds. The van der Waals surface area contributed by atoms with Crippen LogP contribution in [0.5, 0.6) is 11.5 Å². The van der Waals surface area contributed by atoms with Crippen LogP contribution in [0.25, 0.3) is 0 Å². The molecular weight excluding hydrogens is 624 g/mol. The number of amides is 4. The van der Waals surface area contributed by atoms with E-state index in [1.807, 2.05) is 12.1 Å². The minimum atomic E-state index is -1.29. The van der Waals surface area contributed by atoms with Crippen molar-refractivity contribution in [1.82, 2.24) is 14.9 Å². The summed E-state index contributed by atoms with van der Waals surface area (Å²) in [6.45, 7) is 6.22. The fourth-order valence-corrected chi connectivity index (χ4v) is 5.38. The Labute approximate surface area is 275 Å². The van der Waals surface area contributed by atoms with Gasteiger partial charge < -0.3 is 29.9 Å². The molecule has 0 spiro atoms. The number of rotatable bonds is 9. The van der Waals surface area contributed by atoms with Crippen LogP contribution in [-0.4, -0.2) is 71.6 Å². The number of carbonyl (C=O) groups is 3. The van der Waals surface area contributed by atoms with Gasteiger partial charge in [0.2, 0.25) is 11.8 Å². The second-order valence-electron chi connectivity index (χ2n) is 11.5. The molecular formula is C34H33F2N7O5. The van der Waals surface area contributed by atoms with Crippen LogP contribution in [0.4, 0.5) is 42.3 Å². The molecule has 2 saturated heterocycles. The first-order chi connectivity index (χ1) is 23.2. The molecule has 0 saturated carbocycles. The molecule has 4 heterocycles. The van der Waals surface area contributed by atoms with Crippen molar-refractivity contribution in [1.29, 1.82) is 0 Å². The third-order valence-electron chi connectivity index (χ3n) is 7.89. The third-order valence-corrected chi connectivity index (χ3v) is 7.89. The lowest BCUT2D eigenvalue weighted by atomic mass is 10.0. The van der Waals surface area contributed by atoms with Crippen LogP contribution in [0.2, 0.25) is 0 Å². The van der Waals surface area contributed by atoms with Crippen molar-refractivity contribution >= 4 is 46.5 Å². The molecule has 14 heteroatoms. The molecule has 0 aliphatic carbocycles. The lowest BCUT2D eigenvalue weighted by Gasteiger charge is -2.39. The number of aromatic nitrogens is 2. The SMILES string of the molecule is CC(C)N1CC(C(=O)Nc2ccc(Oc3ccnc(Nc4cc(N5CCOCC5)ccn4)c3)c(F)c2)C(=O)N(c2ccc(F)cc2)C1=O. The predicted molar refractivity (Wildman–Crippen MR) is 175 cm³/mol. The maximum absolute atomic E-state index is 15.2. The van der Waals surface area contributed by atoms with Gasteiger partial charge in [0.05, 0.1) is 18.9 Å². The summed E-state index contributed by atoms with van der Waals surface area (Å²) in [5, 5.41) is 5.72. The summed E-state index contributed by atoms with van der Waals surface area (Å²) in [5.74, 6) is -2.88. The van der Waals surface area contributed by atoms with Gasteiger partial charge in [-0.3, -0.25) is 9.59 Å². The van der Waals surface area contributed by atoms with Crippen LogP contribution >= 0.6 is 0 Å². The van der Waals surface area contributed by atoms with Crippen LogP contribution in [0.3, 0.4) is 0 Å². The average molecular weight is 658 g/mol. The van der Waals surface area contributed by atoms with Crippen molar-refractivity contribution < 1.29 is 32.6 Å². The van der Waals surface area contributed by atoms with Crippen molar-refractivity contribution in [2.45, 2.75) is 19.9 Å². The maximum atomic E-state index is 15.2. The van der Waals surface area contributed by atoms with E-state index in [0.29, 0.717) is 30.6 Å². The van der Waals surface area contributed by atoms with E-state index in [9.17, 15) is 18.8 Å². The summed E-state index contributed by atoms with van der Waals surface area (Å²) in [6.07, 6.45) is 3.21. The molecule has 0 bridgehead atoms. The number of hydrogen-bond donors (Lipinski definition) is 2. The van der Waals surface area contributed by atoms with Gasteiger partial charge in [-0.05, 0) is 62.4 Å². The molecule has 2 aromatic heterocycles. The average Bonchev–Trinajstić information content (AvgIpc) is 3.07. The first-order valence-corrected chi connectivity index (χ1v) is 15.4. The number of nitrogens with zero attached hydrogens (tertiary/aromatic N) is 5. The van der Waals surface area contributed by atoms with E-state index in [4.69, 9.17) is 9.47 Å². The summed E-state index contributed by atoms with van der Waals surface area (Å²) in [7, 11) is 0. The summed E-state index contributed by atoms with van der Waals surface area (Å²) in [6, 6.07) is 14.7. The van der Waals surface area contributed by atoms with Gasteiger partial charge in [0, 0.05) is 67.6 Å². The van der Waals surface area contributed by atoms with Gasteiger partial charge in [-0.15, -0.1) is 0 Å². The Morgan fingerprint density at radius 1 is 0.917 bits per heavy atom. The number of benzene rings is 2. The molecule has 1 unspecified atom stereocenters. The number of imide groups is 1. The Morgan fingerprint density at radius 3 is 2.33 bits per heavy atom. The van der Waals surface area contributed by atoms with Gasteiger partial charge in [0.25, 0.3) is 0 Å². The highest BCUT2D eigenvalue weighted by Gasteiger charge is 2.44. The molecule has 4 aromatic rings. The number of halogens is 2. The molecule has 12 nitrogen and oxygen atoms in total. The molecule has 2 aliphatic heterocycles. The summed E-state index contributed by atoms with van der Waals surface area (Å²) < 4.78 is 40.0. The van der Waals surface area contributed by atoms with Crippen molar-refractivity contribution in [2.75, 3.05) is 53.3 Å². The number of morpholine rings is 1. The van der Waals surface area contributed by atoms with Crippen LogP contribution < -0.4 is 25.2 Å². The lowest BCUT2D eigenvalue weighted by molar-refractivity contribution is -0.132. The number of ether oxygens (including phenoxy) is 2. The second kappa shape index (κ2) is 14.0. The zero-order chi connectivity index (χ0) is 33.8. The first-order valence-electron chi connectivity index (χ1n) is 15.4.